The molecular weight excluding hydrogens is 623 g/mol. The first-order valence-electron chi connectivity index (χ1n) is 17.7. The molecule has 2 unspecified atom stereocenters. The summed E-state index contributed by atoms with van der Waals surface area (Å²) in [5, 5.41) is 5.97. The minimum atomic E-state index is -0.357. The summed E-state index contributed by atoms with van der Waals surface area (Å²) in [6.07, 6.45) is 10.8. The van der Waals surface area contributed by atoms with Gasteiger partial charge in [0.25, 0.3) is 0 Å². The highest BCUT2D eigenvalue weighted by Gasteiger charge is 2.42. The van der Waals surface area contributed by atoms with Gasteiger partial charge < -0.3 is 5.32 Å². The molecule has 0 bridgehead atoms. The Morgan fingerprint density at radius 2 is 1.39 bits per heavy atom. The van der Waals surface area contributed by atoms with Crippen LogP contribution < -0.4 is 5.32 Å². The van der Waals surface area contributed by atoms with Gasteiger partial charge in [0.15, 0.2) is 6.17 Å². The molecule has 2 atom stereocenters. The molecule has 0 spiro atoms. The predicted molar refractivity (Wildman–Crippen MR) is 209 cm³/mol. The van der Waals surface area contributed by atoms with Crippen molar-refractivity contribution in [1.29, 1.82) is 0 Å². The SMILES string of the molecule is CC1(C2=CCCC=C2)c2ccccc2-c2cc3c4ccccc4n(-c4ccc(C5=NC(c6ccccc6)N=C(c6ccccc6)N5)cn4)c3cc21. The van der Waals surface area contributed by atoms with E-state index in [1.54, 1.807) is 0 Å². The summed E-state index contributed by atoms with van der Waals surface area (Å²) in [5.41, 5.74) is 11.7. The first kappa shape index (κ1) is 29.6. The lowest BCUT2D eigenvalue weighted by Crippen LogP contribution is -2.36. The molecule has 1 aliphatic heterocycles. The average Bonchev–Trinajstić information content (AvgIpc) is 3.67. The van der Waals surface area contributed by atoms with E-state index in [-0.39, 0.29) is 11.6 Å². The standard InChI is InChI=1S/C46H35N5/c1-46(33-19-9-4-10-20-33)38-23-13-11-21-34(38)36-27-37-35-22-12-14-24-40(35)51(41(37)28-39(36)46)42-26-25-32(29-47-42)45-49-43(30-15-5-2-6-16-30)48-44(50-45)31-17-7-3-8-18-31/h2-3,5-9,11-29,43H,4,10H2,1H3,(H,48,49,50). The third kappa shape index (κ3) is 4.65. The van der Waals surface area contributed by atoms with Crippen molar-refractivity contribution in [3.05, 3.63) is 191 Å². The molecule has 5 aromatic carbocycles. The minimum absolute atomic E-state index is 0.242. The van der Waals surface area contributed by atoms with Gasteiger partial charge in [0.1, 0.15) is 17.5 Å². The first-order chi connectivity index (χ1) is 25.2. The van der Waals surface area contributed by atoms with E-state index < -0.39 is 0 Å². The number of aliphatic imine (C=N–C) groups is 2. The van der Waals surface area contributed by atoms with E-state index in [4.69, 9.17) is 15.0 Å². The Balaban J connectivity index is 1.11. The maximum atomic E-state index is 5.13. The summed E-state index contributed by atoms with van der Waals surface area (Å²) in [6.45, 7) is 2.40. The third-order valence-corrected chi connectivity index (χ3v) is 10.8. The first-order valence-corrected chi connectivity index (χ1v) is 17.7. The average molecular weight is 658 g/mol. The third-order valence-electron chi connectivity index (χ3n) is 10.8. The molecule has 0 saturated heterocycles. The van der Waals surface area contributed by atoms with Crippen LogP contribution in [0.5, 0.6) is 0 Å². The molecule has 5 nitrogen and oxygen atoms in total. The number of hydrogen-bond acceptors (Lipinski definition) is 4. The molecule has 0 saturated carbocycles. The molecule has 51 heavy (non-hydrogen) atoms. The zero-order valence-electron chi connectivity index (χ0n) is 28.3. The van der Waals surface area contributed by atoms with Crippen molar-refractivity contribution in [3.63, 3.8) is 0 Å². The number of hydrogen-bond donors (Lipinski definition) is 1. The van der Waals surface area contributed by atoms with Crippen LogP contribution in [0, 0.1) is 0 Å². The molecule has 5 heteroatoms. The molecule has 3 heterocycles. The van der Waals surface area contributed by atoms with Gasteiger partial charge in [-0.3, -0.25) is 4.57 Å². The van der Waals surface area contributed by atoms with Crippen LogP contribution in [-0.4, -0.2) is 21.2 Å². The molecule has 10 rings (SSSR count). The molecule has 2 aliphatic carbocycles. The van der Waals surface area contributed by atoms with E-state index in [1.807, 2.05) is 42.6 Å². The molecular formula is C46H35N5. The molecule has 0 fully saturated rings. The van der Waals surface area contributed by atoms with Crippen LogP contribution in [0.1, 0.15) is 53.7 Å². The summed E-state index contributed by atoms with van der Waals surface area (Å²) < 4.78 is 2.32. The van der Waals surface area contributed by atoms with Crippen LogP contribution in [0.25, 0.3) is 38.8 Å². The fourth-order valence-corrected chi connectivity index (χ4v) is 8.26. The highest BCUT2D eigenvalue weighted by Crippen LogP contribution is 2.55. The van der Waals surface area contributed by atoms with Crippen molar-refractivity contribution >= 4 is 33.5 Å². The predicted octanol–water partition coefficient (Wildman–Crippen LogP) is 10.2. The Morgan fingerprint density at radius 1 is 0.647 bits per heavy atom. The lowest BCUT2D eigenvalue weighted by Gasteiger charge is -2.30. The van der Waals surface area contributed by atoms with Crippen molar-refractivity contribution in [2.24, 2.45) is 9.98 Å². The zero-order valence-corrected chi connectivity index (χ0v) is 28.3. The smallest absolute Gasteiger partial charge is 0.169 e. The minimum Gasteiger partial charge on any atom is -0.324 e. The number of rotatable bonds is 5. The van der Waals surface area contributed by atoms with Crippen molar-refractivity contribution in [2.45, 2.75) is 31.3 Å². The summed E-state index contributed by atoms with van der Waals surface area (Å²) in [7, 11) is 0. The summed E-state index contributed by atoms with van der Waals surface area (Å²) >= 11 is 0. The Kier molecular flexibility index (Phi) is 6.75. The number of aromatic nitrogens is 2. The van der Waals surface area contributed by atoms with Crippen LogP contribution in [0.15, 0.2) is 173 Å². The van der Waals surface area contributed by atoms with E-state index in [0.29, 0.717) is 0 Å². The Labute approximate surface area is 297 Å². The Hall–Kier alpha value is -6.33. The number of amidine groups is 2. The summed E-state index contributed by atoms with van der Waals surface area (Å²) in [5.74, 6) is 2.41. The lowest BCUT2D eigenvalue weighted by molar-refractivity contribution is 0.701. The topological polar surface area (TPSA) is 54.6 Å². The highest BCUT2D eigenvalue weighted by molar-refractivity contribution is 6.16. The van der Waals surface area contributed by atoms with Gasteiger partial charge in [-0.1, -0.05) is 121 Å². The van der Waals surface area contributed by atoms with Gasteiger partial charge in [-0.25, -0.2) is 15.0 Å². The molecule has 2 aromatic heterocycles. The second-order valence-corrected chi connectivity index (χ2v) is 13.7. The van der Waals surface area contributed by atoms with Crippen molar-refractivity contribution in [1.82, 2.24) is 14.9 Å². The largest absolute Gasteiger partial charge is 0.324 e. The summed E-state index contributed by atoms with van der Waals surface area (Å²) in [6, 6.07) is 47.2. The van der Waals surface area contributed by atoms with Gasteiger partial charge in [-0.2, -0.15) is 0 Å². The van der Waals surface area contributed by atoms with Gasteiger partial charge in [0.2, 0.25) is 0 Å². The van der Waals surface area contributed by atoms with Crippen LogP contribution in [-0.2, 0) is 5.41 Å². The van der Waals surface area contributed by atoms with Crippen LogP contribution >= 0.6 is 0 Å². The summed E-state index contributed by atoms with van der Waals surface area (Å²) in [4.78, 5) is 15.2. The van der Waals surface area contributed by atoms with Gasteiger partial charge in [-0.15, -0.1) is 0 Å². The van der Waals surface area contributed by atoms with Crippen molar-refractivity contribution < 1.29 is 0 Å². The van der Waals surface area contributed by atoms with Gasteiger partial charge >= 0.3 is 0 Å². The van der Waals surface area contributed by atoms with E-state index in [9.17, 15) is 0 Å². The number of allylic oxidation sites excluding steroid dienone is 4. The van der Waals surface area contributed by atoms with E-state index >= 15 is 0 Å². The number of benzene rings is 5. The van der Waals surface area contributed by atoms with Gasteiger partial charge in [0, 0.05) is 33.5 Å². The fourth-order valence-electron chi connectivity index (χ4n) is 8.26. The van der Waals surface area contributed by atoms with E-state index in [0.717, 1.165) is 58.1 Å². The fraction of sp³-hybridized carbons (Fsp3) is 0.109. The van der Waals surface area contributed by atoms with E-state index in [2.05, 4.69) is 132 Å². The quantitative estimate of drug-likeness (QED) is 0.200. The van der Waals surface area contributed by atoms with Gasteiger partial charge in [0.05, 0.1) is 11.0 Å². The molecule has 0 amide bonds. The van der Waals surface area contributed by atoms with Crippen molar-refractivity contribution in [2.75, 3.05) is 0 Å². The zero-order chi connectivity index (χ0) is 33.9. The normalized spacial score (nSPS) is 19.2. The molecule has 244 valence electrons. The Morgan fingerprint density at radius 3 is 2.18 bits per heavy atom. The van der Waals surface area contributed by atoms with Crippen LogP contribution in [0.4, 0.5) is 0 Å². The number of fused-ring (bicyclic) bond motifs is 6. The maximum absolute atomic E-state index is 5.13. The van der Waals surface area contributed by atoms with Crippen molar-refractivity contribution in [3.8, 4) is 16.9 Å². The lowest BCUT2D eigenvalue weighted by atomic mass is 9.72. The monoisotopic (exact) mass is 657 g/mol. The molecule has 3 aliphatic rings. The number of para-hydroxylation sites is 1. The van der Waals surface area contributed by atoms with E-state index in [1.165, 1.54) is 38.6 Å². The second kappa shape index (κ2) is 11.6. The van der Waals surface area contributed by atoms with Gasteiger partial charge in [-0.05, 0) is 83.5 Å². The second-order valence-electron chi connectivity index (χ2n) is 13.7. The highest BCUT2D eigenvalue weighted by atomic mass is 15.2. The van der Waals surface area contributed by atoms with Crippen LogP contribution in [0.2, 0.25) is 0 Å². The number of pyridine rings is 1. The number of nitrogens with zero attached hydrogens (tertiary/aromatic N) is 4. The number of nitrogens with one attached hydrogen (secondary N) is 1. The molecule has 7 aromatic rings. The maximum Gasteiger partial charge on any atom is 0.169 e. The Bertz CT molecular complexity index is 2610. The molecule has 0 radical (unpaired) electrons. The van der Waals surface area contributed by atoms with Crippen LogP contribution in [0.3, 0.4) is 0 Å². The molecule has 1 N–H and O–H groups in total.